The predicted molar refractivity (Wildman–Crippen MR) is 94.1 cm³/mol. The van der Waals surface area contributed by atoms with E-state index in [1.807, 2.05) is 23.1 Å². The van der Waals surface area contributed by atoms with E-state index in [4.69, 9.17) is 10.5 Å². The van der Waals surface area contributed by atoms with Gasteiger partial charge in [0.25, 0.3) is 5.91 Å². The van der Waals surface area contributed by atoms with Gasteiger partial charge in [0.2, 0.25) is 0 Å². The predicted octanol–water partition coefficient (Wildman–Crippen LogP) is 0.786. The van der Waals surface area contributed by atoms with Gasteiger partial charge in [-0.1, -0.05) is 12.1 Å². The zero-order valence-electron chi connectivity index (χ0n) is 14.6. The van der Waals surface area contributed by atoms with Crippen molar-refractivity contribution >= 4 is 11.9 Å². The van der Waals surface area contributed by atoms with Crippen LogP contribution in [0.15, 0.2) is 24.3 Å². The maximum Gasteiger partial charge on any atom is 0.317 e. The molecule has 1 aromatic carbocycles. The van der Waals surface area contributed by atoms with Gasteiger partial charge in [-0.05, 0) is 50.0 Å². The van der Waals surface area contributed by atoms with Crippen molar-refractivity contribution in [1.82, 2.24) is 15.1 Å². The Morgan fingerprint density at radius 3 is 2.92 bits per heavy atom. The number of hydrogen-bond donors (Lipinski definition) is 2. The van der Waals surface area contributed by atoms with Crippen molar-refractivity contribution in [2.24, 2.45) is 11.7 Å². The summed E-state index contributed by atoms with van der Waals surface area (Å²) in [7, 11) is 2.11. The molecule has 2 saturated heterocycles. The number of carbonyl (C=O) groups is 2. The highest BCUT2D eigenvalue weighted by molar-refractivity contribution is 5.75. The van der Waals surface area contributed by atoms with Crippen LogP contribution in [0.4, 0.5) is 4.79 Å². The normalized spacial score (nSPS) is 23.2. The smallest absolute Gasteiger partial charge is 0.317 e. The number of likely N-dealkylation sites (tertiary alicyclic amines) is 2. The van der Waals surface area contributed by atoms with Crippen LogP contribution in [0, 0.1) is 5.92 Å². The van der Waals surface area contributed by atoms with E-state index in [0.29, 0.717) is 24.3 Å². The molecule has 0 radical (unpaired) electrons. The van der Waals surface area contributed by atoms with Crippen LogP contribution in [0.5, 0.6) is 5.75 Å². The quantitative estimate of drug-likeness (QED) is 0.825. The first-order valence-electron chi connectivity index (χ1n) is 8.76. The second-order valence-corrected chi connectivity index (χ2v) is 6.92. The first kappa shape index (κ1) is 17.5. The largest absolute Gasteiger partial charge is 0.484 e. The Bertz CT molecular complexity index is 637. The first-order valence-corrected chi connectivity index (χ1v) is 8.76. The molecule has 2 aliphatic heterocycles. The summed E-state index contributed by atoms with van der Waals surface area (Å²) in [4.78, 5) is 27.7. The highest BCUT2D eigenvalue weighted by Crippen LogP contribution is 2.31. The molecular weight excluding hydrogens is 320 g/mol. The van der Waals surface area contributed by atoms with Gasteiger partial charge in [-0.25, -0.2) is 4.79 Å². The third-order valence-electron chi connectivity index (χ3n) is 5.05. The van der Waals surface area contributed by atoms with Crippen LogP contribution in [0.3, 0.4) is 0 Å². The summed E-state index contributed by atoms with van der Waals surface area (Å²) in [5.74, 6) is 0.688. The molecule has 7 heteroatoms. The van der Waals surface area contributed by atoms with Crippen LogP contribution in [0.25, 0.3) is 0 Å². The second-order valence-electron chi connectivity index (χ2n) is 6.92. The van der Waals surface area contributed by atoms with Gasteiger partial charge in [-0.3, -0.25) is 4.79 Å². The van der Waals surface area contributed by atoms with Gasteiger partial charge < -0.3 is 25.6 Å². The maximum atomic E-state index is 12.6. The van der Waals surface area contributed by atoms with E-state index in [1.54, 1.807) is 6.07 Å². The van der Waals surface area contributed by atoms with Gasteiger partial charge in [-0.2, -0.15) is 0 Å². The number of rotatable bonds is 5. The fraction of sp³-hybridized carbons (Fsp3) is 0.556. The summed E-state index contributed by atoms with van der Waals surface area (Å²) in [5, 5.41) is 3.00. The minimum atomic E-state index is -0.514. The van der Waals surface area contributed by atoms with Gasteiger partial charge >= 0.3 is 6.03 Å². The van der Waals surface area contributed by atoms with Crippen molar-refractivity contribution in [2.75, 3.05) is 33.3 Å². The number of nitrogens with one attached hydrogen (secondary N) is 1. The fourth-order valence-corrected chi connectivity index (χ4v) is 3.73. The minimum Gasteiger partial charge on any atom is -0.484 e. The summed E-state index contributed by atoms with van der Waals surface area (Å²) in [6.45, 7) is 3.18. The molecular formula is C18H26N4O3. The Labute approximate surface area is 148 Å². The number of amides is 3. The summed E-state index contributed by atoms with van der Waals surface area (Å²) in [5.41, 5.74) is 6.00. The molecule has 3 rings (SSSR count). The highest BCUT2D eigenvalue weighted by Gasteiger charge is 2.39. The second kappa shape index (κ2) is 7.74. The van der Waals surface area contributed by atoms with Gasteiger partial charge in [0.05, 0.1) is 0 Å². The van der Waals surface area contributed by atoms with E-state index in [1.165, 1.54) is 6.42 Å². The highest BCUT2D eigenvalue weighted by atomic mass is 16.5. The van der Waals surface area contributed by atoms with E-state index in [-0.39, 0.29) is 12.6 Å². The molecule has 0 aliphatic carbocycles. The fourth-order valence-electron chi connectivity index (χ4n) is 3.73. The third kappa shape index (κ3) is 4.42. The van der Waals surface area contributed by atoms with Crippen molar-refractivity contribution in [3.8, 4) is 5.75 Å². The van der Waals surface area contributed by atoms with Gasteiger partial charge in [-0.15, -0.1) is 0 Å². The minimum absolute atomic E-state index is 0.00810. The summed E-state index contributed by atoms with van der Waals surface area (Å²) in [6.07, 6.45) is 2.27. The lowest BCUT2D eigenvalue weighted by atomic mass is 9.92. The number of nitrogens with zero attached hydrogens (tertiary/aromatic N) is 2. The van der Waals surface area contributed by atoms with Crippen molar-refractivity contribution in [3.63, 3.8) is 0 Å². The number of urea groups is 1. The summed E-state index contributed by atoms with van der Waals surface area (Å²) < 4.78 is 5.29. The molecule has 3 N–H and O–H groups in total. The summed E-state index contributed by atoms with van der Waals surface area (Å²) >= 11 is 0. The lowest BCUT2D eigenvalue weighted by Gasteiger charge is -2.36. The van der Waals surface area contributed by atoms with Gasteiger partial charge in [0.15, 0.2) is 6.61 Å². The maximum absolute atomic E-state index is 12.6. The van der Waals surface area contributed by atoms with Crippen molar-refractivity contribution in [2.45, 2.75) is 25.4 Å². The average Bonchev–Trinajstić information content (AvgIpc) is 3.01. The van der Waals surface area contributed by atoms with Crippen LogP contribution in [0.2, 0.25) is 0 Å². The summed E-state index contributed by atoms with van der Waals surface area (Å²) in [6, 6.07) is 7.63. The Balaban J connectivity index is 1.54. The van der Waals surface area contributed by atoms with E-state index in [2.05, 4.69) is 17.3 Å². The van der Waals surface area contributed by atoms with Crippen LogP contribution in [0.1, 0.15) is 18.4 Å². The lowest BCUT2D eigenvalue weighted by Crippen LogP contribution is -2.51. The molecule has 2 fully saturated rings. The van der Waals surface area contributed by atoms with Gasteiger partial charge in [0, 0.05) is 25.7 Å². The zero-order chi connectivity index (χ0) is 17.8. The third-order valence-corrected chi connectivity index (χ3v) is 5.05. The number of nitrogens with two attached hydrogens (primary N) is 1. The molecule has 1 aromatic rings. The van der Waals surface area contributed by atoms with Crippen molar-refractivity contribution < 1.29 is 14.3 Å². The molecule has 0 spiro atoms. The number of hydrogen-bond acceptors (Lipinski definition) is 4. The lowest BCUT2D eigenvalue weighted by molar-refractivity contribution is -0.119. The number of fused-ring (bicyclic) bond motifs is 1. The molecule has 136 valence electrons. The Morgan fingerprint density at radius 1 is 1.32 bits per heavy atom. The molecule has 0 saturated carbocycles. The molecule has 2 heterocycles. The molecule has 2 aliphatic rings. The molecule has 3 amide bonds. The van der Waals surface area contributed by atoms with Crippen LogP contribution < -0.4 is 15.8 Å². The average molecular weight is 346 g/mol. The monoisotopic (exact) mass is 346 g/mol. The number of primary amides is 1. The zero-order valence-corrected chi connectivity index (χ0v) is 14.6. The van der Waals surface area contributed by atoms with E-state index in [0.717, 1.165) is 31.6 Å². The number of ether oxygens (including phenoxy) is 1. The van der Waals surface area contributed by atoms with Gasteiger partial charge in [0.1, 0.15) is 5.75 Å². The number of piperidine rings is 1. The first-order chi connectivity index (χ1) is 12.0. The molecule has 0 aromatic heterocycles. The Hall–Kier alpha value is -2.28. The van der Waals surface area contributed by atoms with E-state index >= 15 is 0 Å². The van der Waals surface area contributed by atoms with Crippen LogP contribution >= 0.6 is 0 Å². The molecule has 25 heavy (non-hydrogen) atoms. The number of benzene rings is 1. The Morgan fingerprint density at radius 2 is 2.12 bits per heavy atom. The van der Waals surface area contributed by atoms with Crippen molar-refractivity contribution in [1.29, 1.82) is 0 Å². The topological polar surface area (TPSA) is 87.9 Å². The standard InChI is InChI=1S/C18H26N4O3/c1-21-7-5-14-6-8-22(16(14)11-21)18(24)20-10-13-3-2-4-15(9-13)25-12-17(19)23/h2-4,9,14,16H,5-8,10-12H2,1H3,(H2,19,23)(H,20,24). The van der Waals surface area contributed by atoms with E-state index in [9.17, 15) is 9.59 Å². The number of likely N-dealkylation sites (N-methyl/N-ethyl adjacent to an activating group) is 1. The van der Waals surface area contributed by atoms with Crippen molar-refractivity contribution in [3.05, 3.63) is 29.8 Å². The van der Waals surface area contributed by atoms with E-state index < -0.39 is 5.91 Å². The molecule has 2 unspecified atom stereocenters. The SMILES string of the molecule is CN1CCC2CCN(C(=O)NCc3cccc(OCC(N)=O)c3)C2C1. The van der Waals surface area contributed by atoms with Crippen LogP contribution in [-0.2, 0) is 11.3 Å². The molecule has 2 atom stereocenters. The van der Waals surface area contributed by atoms with Crippen LogP contribution in [-0.4, -0.2) is 61.1 Å². The molecule has 7 nitrogen and oxygen atoms in total. The Kier molecular flexibility index (Phi) is 5.43. The number of carbonyl (C=O) groups excluding carboxylic acids is 2. The molecule has 0 bridgehead atoms.